The quantitative estimate of drug-likeness (QED) is 0.147. The lowest BCUT2D eigenvalue weighted by atomic mass is 10.0. The van der Waals surface area contributed by atoms with Crippen LogP contribution in [0.5, 0.6) is 0 Å². The van der Waals surface area contributed by atoms with Crippen LogP contribution in [0.15, 0.2) is 43.0 Å². The average Bonchev–Trinajstić information content (AvgIpc) is 3.51. The van der Waals surface area contributed by atoms with Gasteiger partial charge in [-0.3, -0.25) is 14.4 Å². The summed E-state index contributed by atoms with van der Waals surface area (Å²) in [6.45, 7) is -0.325. The van der Waals surface area contributed by atoms with Crippen molar-refractivity contribution in [2.24, 2.45) is 5.73 Å². The van der Waals surface area contributed by atoms with Gasteiger partial charge in [-0.25, -0.2) is 9.78 Å². The van der Waals surface area contributed by atoms with Crippen LogP contribution in [-0.2, 0) is 32.0 Å². The molecule has 2 heterocycles. The number of para-hydroxylation sites is 1. The Bertz CT molecular complexity index is 1180. The molecule has 2 aromatic heterocycles. The number of aliphatic carboxylic acids is 1. The number of carboxylic acids is 1. The Morgan fingerprint density at radius 2 is 1.69 bits per heavy atom. The maximum Gasteiger partial charge on any atom is 0.327 e. The van der Waals surface area contributed by atoms with Crippen LogP contribution in [-0.4, -0.2) is 74.2 Å². The summed E-state index contributed by atoms with van der Waals surface area (Å²) in [5, 5.41) is 17.8. The zero-order valence-electron chi connectivity index (χ0n) is 18.7. The third-order valence-electron chi connectivity index (χ3n) is 5.35. The molecule has 0 spiro atoms. The first kappa shape index (κ1) is 25.8. The second-order valence-electron chi connectivity index (χ2n) is 7.81. The van der Waals surface area contributed by atoms with Crippen LogP contribution in [0.1, 0.15) is 11.3 Å². The third-order valence-corrected chi connectivity index (χ3v) is 5.71. The summed E-state index contributed by atoms with van der Waals surface area (Å²) < 4.78 is 0. The van der Waals surface area contributed by atoms with E-state index in [9.17, 15) is 24.3 Å². The lowest BCUT2D eigenvalue weighted by molar-refractivity contribution is -0.141. The van der Waals surface area contributed by atoms with Gasteiger partial charge >= 0.3 is 5.97 Å². The molecule has 0 aliphatic carbocycles. The number of amides is 3. The third kappa shape index (κ3) is 6.83. The van der Waals surface area contributed by atoms with Gasteiger partial charge in [0, 0.05) is 47.6 Å². The van der Waals surface area contributed by atoms with Gasteiger partial charge in [-0.15, -0.1) is 0 Å². The molecule has 13 heteroatoms. The number of hydrogen-bond acceptors (Lipinski definition) is 7. The summed E-state index contributed by atoms with van der Waals surface area (Å²) in [5.74, 6) is -3.28. The van der Waals surface area contributed by atoms with Crippen molar-refractivity contribution in [3.05, 3.63) is 54.2 Å². The molecule has 0 radical (unpaired) electrons. The molecular formula is C22H27N7O5S. The van der Waals surface area contributed by atoms with E-state index < -0.39 is 41.8 Å². The summed E-state index contributed by atoms with van der Waals surface area (Å²) >= 11 is 3.98. The molecule has 3 unspecified atom stereocenters. The zero-order valence-corrected chi connectivity index (χ0v) is 19.5. The number of fused-ring (bicyclic) bond motifs is 1. The number of benzene rings is 1. The van der Waals surface area contributed by atoms with Crippen molar-refractivity contribution >= 4 is 47.2 Å². The first-order valence-electron chi connectivity index (χ1n) is 10.8. The fourth-order valence-corrected chi connectivity index (χ4v) is 3.79. The number of thiol groups is 1. The van der Waals surface area contributed by atoms with E-state index >= 15 is 0 Å². The predicted molar refractivity (Wildman–Crippen MR) is 131 cm³/mol. The summed E-state index contributed by atoms with van der Waals surface area (Å²) in [6, 6.07) is 4.01. The molecule has 3 atom stereocenters. The number of carboxylic acid groups (broad SMARTS) is 1. The number of nitrogens with zero attached hydrogens (tertiary/aromatic N) is 1. The highest BCUT2D eigenvalue weighted by atomic mass is 32.1. The van der Waals surface area contributed by atoms with E-state index in [2.05, 4.69) is 43.5 Å². The van der Waals surface area contributed by atoms with Crippen LogP contribution in [0.4, 0.5) is 0 Å². The summed E-state index contributed by atoms with van der Waals surface area (Å²) in [4.78, 5) is 59.5. The topological polar surface area (TPSA) is 195 Å². The second kappa shape index (κ2) is 12.0. The van der Waals surface area contributed by atoms with E-state index in [1.807, 2.05) is 24.3 Å². The molecule has 0 saturated heterocycles. The molecule has 8 N–H and O–H groups in total. The highest BCUT2D eigenvalue weighted by molar-refractivity contribution is 7.80. The molecule has 3 rings (SSSR count). The molecule has 0 saturated carbocycles. The number of aromatic nitrogens is 3. The fourth-order valence-electron chi connectivity index (χ4n) is 3.54. The Morgan fingerprint density at radius 3 is 2.31 bits per heavy atom. The SMILES string of the molecule is NCC(=O)NC(Cc1cnc[nH]1)C(=O)NC(Cc1c[nH]c2ccccc12)C(=O)NC(CS)C(=O)O. The van der Waals surface area contributed by atoms with Gasteiger partial charge in [-0.1, -0.05) is 18.2 Å². The van der Waals surface area contributed by atoms with Gasteiger partial charge in [0.15, 0.2) is 0 Å². The Hall–Kier alpha value is -3.84. The van der Waals surface area contributed by atoms with E-state index in [4.69, 9.17) is 5.73 Å². The molecule has 12 nitrogen and oxygen atoms in total. The van der Waals surface area contributed by atoms with Crippen LogP contribution in [0.2, 0.25) is 0 Å². The van der Waals surface area contributed by atoms with E-state index in [1.165, 1.54) is 12.5 Å². The molecule has 1 aromatic carbocycles. The lowest BCUT2D eigenvalue weighted by Crippen LogP contribution is -2.57. The van der Waals surface area contributed by atoms with Gasteiger partial charge in [0.05, 0.1) is 12.9 Å². The van der Waals surface area contributed by atoms with Crippen molar-refractivity contribution in [2.75, 3.05) is 12.3 Å². The molecule has 0 fully saturated rings. The first-order valence-corrected chi connectivity index (χ1v) is 11.4. The molecule has 3 amide bonds. The Balaban J connectivity index is 1.85. The lowest BCUT2D eigenvalue weighted by Gasteiger charge is -2.24. The van der Waals surface area contributed by atoms with Gasteiger partial charge in [0.25, 0.3) is 0 Å². The number of nitrogens with two attached hydrogens (primary N) is 1. The maximum absolute atomic E-state index is 13.2. The fraction of sp³-hybridized carbons (Fsp3) is 0.318. The maximum atomic E-state index is 13.2. The average molecular weight is 502 g/mol. The predicted octanol–water partition coefficient (Wildman–Crippen LogP) is -0.896. The van der Waals surface area contributed by atoms with E-state index in [1.54, 1.807) is 6.20 Å². The molecule has 0 aliphatic heterocycles. The summed E-state index contributed by atoms with van der Waals surface area (Å²) in [5.41, 5.74) is 7.57. The van der Waals surface area contributed by atoms with Gasteiger partial charge in [0.1, 0.15) is 18.1 Å². The van der Waals surface area contributed by atoms with Crippen molar-refractivity contribution in [1.29, 1.82) is 0 Å². The Labute approximate surface area is 205 Å². The van der Waals surface area contributed by atoms with Crippen LogP contribution in [0, 0.1) is 0 Å². The van der Waals surface area contributed by atoms with Gasteiger partial charge in [-0.05, 0) is 11.6 Å². The monoisotopic (exact) mass is 501 g/mol. The summed E-state index contributed by atoms with van der Waals surface area (Å²) in [7, 11) is 0. The highest BCUT2D eigenvalue weighted by Gasteiger charge is 2.30. The molecule has 3 aromatic rings. The van der Waals surface area contributed by atoms with Crippen LogP contribution >= 0.6 is 12.6 Å². The standard InChI is InChI=1S/C22H27N7O5S/c23-7-19(30)27-17(6-13-9-24-11-26-13)21(32)28-16(20(31)29-18(10-35)22(33)34)5-12-8-25-15-4-2-1-3-14(12)15/h1-4,8-9,11,16-18,25,35H,5-7,10,23H2,(H,24,26)(H,27,30)(H,28,32)(H,29,31)(H,33,34). The number of imidazole rings is 1. The van der Waals surface area contributed by atoms with Crippen molar-refractivity contribution in [2.45, 2.75) is 31.0 Å². The summed E-state index contributed by atoms with van der Waals surface area (Å²) in [6.07, 6.45) is 4.82. The van der Waals surface area contributed by atoms with Gasteiger partial charge in [0.2, 0.25) is 17.7 Å². The molecule has 35 heavy (non-hydrogen) atoms. The zero-order chi connectivity index (χ0) is 25.4. The first-order chi connectivity index (χ1) is 16.8. The number of H-pyrrole nitrogens is 2. The number of carbonyl (C=O) groups excluding carboxylic acids is 3. The smallest absolute Gasteiger partial charge is 0.327 e. The van der Waals surface area contributed by atoms with E-state index in [-0.39, 0.29) is 25.1 Å². The molecule has 0 aliphatic rings. The minimum atomic E-state index is -1.25. The number of carbonyl (C=O) groups is 4. The normalized spacial score (nSPS) is 13.5. The number of hydrogen-bond donors (Lipinski definition) is 8. The second-order valence-corrected chi connectivity index (χ2v) is 8.18. The number of rotatable bonds is 12. The molecular weight excluding hydrogens is 474 g/mol. The largest absolute Gasteiger partial charge is 0.480 e. The Morgan fingerprint density at radius 1 is 1.00 bits per heavy atom. The van der Waals surface area contributed by atoms with Crippen molar-refractivity contribution in [1.82, 2.24) is 30.9 Å². The van der Waals surface area contributed by atoms with Crippen molar-refractivity contribution in [3.8, 4) is 0 Å². The Kier molecular flexibility index (Phi) is 8.86. The van der Waals surface area contributed by atoms with Gasteiger partial charge < -0.3 is 36.8 Å². The minimum Gasteiger partial charge on any atom is -0.480 e. The highest BCUT2D eigenvalue weighted by Crippen LogP contribution is 2.19. The van der Waals surface area contributed by atoms with Crippen LogP contribution < -0.4 is 21.7 Å². The van der Waals surface area contributed by atoms with Crippen molar-refractivity contribution in [3.63, 3.8) is 0 Å². The van der Waals surface area contributed by atoms with Gasteiger partial charge in [-0.2, -0.15) is 12.6 Å². The van der Waals surface area contributed by atoms with Crippen LogP contribution in [0.3, 0.4) is 0 Å². The minimum absolute atomic E-state index is 0.0715. The molecule has 186 valence electrons. The number of nitrogens with one attached hydrogen (secondary N) is 5. The molecule has 0 bridgehead atoms. The van der Waals surface area contributed by atoms with Crippen molar-refractivity contribution < 1.29 is 24.3 Å². The number of aromatic amines is 2. The van der Waals surface area contributed by atoms with Crippen LogP contribution in [0.25, 0.3) is 10.9 Å². The van der Waals surface area contributed by atoms with E-state index in [0.29, 0.717) is 5.69 Å². The van der Waals surface area contributed by atoms with E-state index in [0.717, 1.165) is 16.5 Å².